The summed E-state index contributed by atoms with van der Waals surface area (Å²) < 4.78 is 5.55. The molecule has 2 aliphatic heterocycles. The van der Waals surface area contributed by atoms with E-state index in [-0.39, 0.29) is 5.91 Å². The highest BCUT2D eigenvalue weighted by molar-refractivity contribution is 6.30. The van der Waals surface area contributed by atoms with Gasteiger partial charge in [0.15, 0.2) is 0 Å². The smallest absolute Gasteiger partial charge is 0.253 e. The van der Waals surface area contributed by atoms with Crippen LogP contribution in [-0.2, 0) is 6.42 Å². The molecule has 1 fully saturated rings. The minimum atomic E-state index is -1.08. The first kappa shape index (κ1) is 17.9. The van der Waals surface area contributed by atoms with Crippen LogP contribution >= 0.6 is 11.6 Å². The van der Waals surface area contributed by atoms with Gasteiger partial charge in [0, 0.05) is 48.5 Å². The Morgan fingerprint density at radius 2 is 2.00 bits per heavy atom. The van der Waals surface area contributed by atoms with Gasteiger partial charge in [0.05, 0.1) is 6.61 Å². The maximum absolute atomic E-state index is 12.8. The highest BCUT2D eigenvalue weighted by Gasteiger charge is 2.33. The quantitative estimate of drug-likeness (QED) is 0.771. The van der Waals surface area contributed by atoms with Crippen molar-refractivity contribution in [1.29, 1.82) is 0 Å². The first-order chi connectivity index (χ1) is 13.0. The number of fused-ring (bicyclic) bond motifs is 1. The number of carbonyl (C=O) groups excluding carboxylic acids is 1. The molecule has 1 N–H and O–H groups in total. The molecule has 0 unspecified atom stereocenters. The Bertz CT molecular complexity index is 936. The van der Waals surface area contributed by atoms with Gasteiger partial charge in [-0.2, -0.15) is 0 Å². The number of amides is 1. The molecule has 2 aliphatic rings. The van der Waals surface area contributed by atoms with Crippen molar-refractivity contribution in [3.63, 3.8) is 0 Å². The van der Waals surface area contributed by atoms with Gasteiger partial charge in [-0.3, -0.25) is 4.79 Å². The fourth-order valence-electron chi connectivity index (χ4n) is 3.44. The number of benzene rings is 2. The van der Waals surface area contributed by atoms with E-state index in [1.165, 1.54) is 0 Å². The zero-order chi connectivity index (χ0) is 18.9. The molecular weight excluding hydrogens is 362 g/mol. The van der Waals surface area contributed by atoms with Gasteiger partial charge in [0.1, 0.15) is 11.4 Å². The van der Waals surface area contributed by atoms with Crippen molar-refractivity contribution in [1.82, 2.24) is 4.90 Å². The van der Waals surface area contributed by atoms with E-state index in [2.05, 4.69) is 11.8 Å². The topological polar surface area (TPSA) is 49.8 Å². The standard InChI is InChI=1S/C22H20ClNO3/c23-19-3-1-2-16(14-19)6-8-22(26)9-11-24(12-10-22)21(25)18-5-4-17-7-13-27-20(17)15-18/h1-5,14-15,26H,7,9-13H2. The fraction of sp³-hybridized carbons (Fsp3) is 0.318. The molecule has 0 aliphatic carbocycles. The third-order valence-corrected chi connectivity index (χ3v) is 5.32. The highest BCUT2D eigenvalue weighted by Crippen LogP contribution is 2.28. The monoisotopic (exact) mass is 381 g/mol. The Kier molecular flexibility index (Phi) is 4.82. The summed E-state index contributed by atoms with van der Waals surface area (Å²) in [5.41, 5.74) is 1.47. The van der Waals surface area contributed by atoms with E-state index in [1.807, 2.05) is 30.3 Å². The van der Waals surface area contributed by atoms with Crippen molar-refractivity contribution >= 4 is 17.5 Å². The van der Waals surface area contributed by atoms with Crippen molar-refractivity contribution in [2.24, 2.45) is 0 Å². The van der Waals surface area contributed by atoms with Crippen molar-refractivity contribution in [2.45, 2.75) is 24.9 Å². The summed E-state index contributed by atoms with van der Waals surface area (Å²) in [6.07, 6.45) is 1.74. The average Bonchev–Trinajstić information content (AvgIpc) is 3.14. The normalized spacial score (nSPS) is 17.5. The van der Waals surface area contributed by atoms with E-state index in [0.717, 1.165) is 23.3 Å². The summed E-state index contributed by atoms with van der Waals surface area (Å²) in [7, 11) is 0. The number of hydrogen-bond acceptors (Lipinski definition) is 3. The van der Waals surface area contributed by atoms with Crippen LogP contribution in [0.15, 0.2) is 42.5 Å². The Labute approximate surface area is 163 Å². The van der Waals surface area contributed by atoms with Gasteiger partial charge in [0.2, 0.25) is 0 Å². The zero-order valence-corrected chi connectivity index (χ0v) is 15.6. The molecule has 0 radical (unpaired) electrons. The van der Waals surface area contributed by atoms with Gasteiger partial charge in [-0.25, -0.2) is 0 Å². The summed E-state index contributed by atoms with van der Waals surface area (Å²) >= 11 is 5.97. The van der Waals surface area contributed by atoms with Gasteiger partial charge >= 0.3 is 0 Å². The van der Waals surface area contributed by atoms with Gasteiger partial charge in [-0.05, 0) is 35.9 Å². The minimum absolute atomic E-state index is 0.0295. The molecule has 0 bridgehead atoms. The van der Waals surface area contributed by atoms with Crippen LogP contribution in [0, 0.1) is 11.8 Å². The van der Waals surface area contributed by atoms with Gasteiger partial charge < -0.3 is 14.7 Å². The minimum Gasteiger partial charge on any atom is -0.493 e. The van der Waals surface area contributed by atoms with Crippen LogP contribution in [0.25, 0.3) is 0 Å². The van der Waals surface area contributed by atoms with Crippen molar-refractivity contribution < 1.29 is 14.6 Å². The molecule has 5 heteroatoms. The van der Waals surface area contributed by atoms with E-state index < -0.39 is 5.60 Å². The number of nitrogens with zero attached hydrogens (tertiary/aromatic N) is 1. The molecule has 2 aromatic carbocycles. The van der Waals surface area contributed by atoms with E-state index in [4.69, 9.17) is 16.3 Å². The number of carbonyl (C=O) groups is 1. The third kappa shape index (κ3) is 3.95. The number of piperidine rings is 1. The van der Waals surface area contributed by atoms with Crippen LogP contribution in [0.4, 0.5) is 0 Å². The maximum Gasteiger partial charge on any atom is 0.253 e. The lowest BCUT2D eigenvalue weighted by Gasteiger charge is -2.35. The SMILES string of the molecule is O=C(c1ccc2c(c1)OCC2)N1CCC(O)(C#Cc2cccc(Cl)c2)CC1. The van der Waals surface area contributed by atoms with Crippen LogP contribution in [-0.4, -0.2) is 41.2 Å². The second-order valence-corrected chi connectivity index (χ2v) is 7.44. The first-order valence-electron chi connectivity index (χ1n) is 9.09. The molecule has 0 spiro atoms. The Morgan fingerprint density at radius 1 is 1.19 bits per heavy atom. The molecule has 4 rings (SSSR count). The predicted octanol–water partition coefficient (Wildman–Crippen LogP) is 3.29. The summed E-state index contributed by atoms with van der Waals surface area (Å²) in [5.74, 6) is 6.74. The molecule has 4 nitrogen and oxygen atoms in total. The van der Waals surface area contributed by atoms with Crippen LogP contribution in [0.2, 0.25) is 5.02 Å². The van der Waals surface area contributed by atoms with Crippen LogP contribution in [0.3, 0.4) is 0 Å². The summed E-state index contributed by atoms with van der Waals surface area (Å²) in [5, 5.41) is 11.4. The lowest BCUT2D eigenvalue weighted by molar-refractivity contribution is 0.0249. The lowest BCUT2D eigenvalue weighted by atomic mass is 9.91. The molecular formula is C22H20ClNO3. The second-order valence-electron chi connectivity index (χ2n) is 7.01. The number of ether oxygens (including phenoxy) is 1. The molecule has 0 saturated carbocycles. The Balaban J connectivity index is 1.42. The van der Waals surface area contributed by atoms with Crippen molar-refractivity contribution in [3.05, 3.63) is 64.2 Å². The van der Waals surface area contributed by atoms with Crippen LogP contribution < -0.4 is 4.74 Å². The zero-order valence-electron chi connectivity index (χ0n) is 14.9. The number of rotatable bonds is 1. The number of likely N-dealkylation sites (tertiary alicyclic amines) is 1. The fourth-order valence-corrected chi connectivity index (χ4v) is 3.63. The van der Waals surface area contributed by atoms with E-state index in [1.54, 1.807) is 17.0 Å². The van der Waals surface area contributed by atoms with Gasteiger partial charge in [0.25, 0.3) is 5.91 Å². The average molecular weight is 382 g/mol. The summed E-state index contributed by atoms with van der Waals surface area (Å²) in [6, 6.07) is 12.9. The van der Waals surface area contributed by atoms with Gasteiger partial charge in [-0.1, -0.05) is 35.6 Å². The molecule has 0 aromatic heterocycles. The largest absolute Gasteiger partial charge is 0.493 e. The van der Waals surface area contributed by atoms with Gasteiger partial charge in [-0.15, -0.1) is 0 Å². The molecule has 1 amide bonds. The Morgan fingerprint density at radius 3 is 2.78 bits per heavy atom. The molecule has 1 saturated heterocycles. The number of hydrogen-bond donors (Lipinski definition) is 1. The van der Waals surface area contributed by atoms with Crippen LogP contribution in [0.5, 0.6) is 5.75 Å². The molecule has 138 valence electrons. The van der Waals surface area contributed by atoms with Crippen molar-refractivity contribution in [3.8, 4) is 17.6 Å². The second kappa shape index (κ2) is 7.26. The molecule has 0 atom stereocenters. The maximum atomic E-state index is 12.8. The molecule has 27 heavy (non-hydrogen) atoms. The highest BCUT2D eigenvalue weighted by atomic mass is 35.5. The van der Waals surface area contributed by atoms with Crippen LogP contribution in [0.1, 0.15) is 34.3 Å². The summed E-state index contributed by atoms with van der Waals surface area (Å²) in [6.45, 7) is 1.62. The summed E-state index contributed by atoms with van der Waals surface area (Å²) in [4.78, 5) is 14.5. The first-order valence-corrected chi connectivity index (χ1v) is 9.46. The lowest BCUT2D eigenvalue weighted by Crippen LogP contribution is -2.46. The molecule has 2 heterocycles. The number of halogens is 1. The van der Waals surface area contributed by atoms with Crippen molar-refractivity contribution in [2.75, 3.05) is 19.7 Å². The van der Waals surface area contributed by atoms with E-state index >= 15 is 0 Å². The van der Waals surface area contributed by atoms with E-state index in [0.29, 0.717) is 43.1 Å². The van der Waals surface area contributed by atoms with E-state index in [9.17, 15) is 9.90 Å². The third-order valence-electron chi connectivity index (χ3n) is 5.09. The predicted molar refractivity (Wildman–Crippen MR) is 104 cm³/mol. The Hall–Kier alpha value is -2.48. The number of aliphatic hydroxyl groups is 1. The molecule has 2 aromatic rings.